The summed E-state index contributed by atoms with van der Waals surface area (Å²) >= 11 is 7.37. The smallest absolute Gasteiger partial charge is 0.244 e. The molecule has 2 unspecified atom stereocenters. The number of hydrogen-bond donors (Lipinski definition) is 4. The highest BCUT2D eigenvalue weighted by Crippen LogP contribution is 2.31. The molecule has 1 aliphatic rings. The minimum Gasteiger partial charge on any atom is -0.508 e. The first-order valence-electron chi connectivity index (χ1n) is 8.17. The van der Waals surface area contributed by atoms with Gasteiger partial charge in [-0.3, -0.25) is 4.79 Å². The molecule has 8 heteroatoms. The van der Waals surface area contributed by atoms with Crippen LogP contribution < -0.4 is 16.2 Å². The summed E-state index contributed by atoms with van der Waals surface area (Å²) < 4.78 is 0.924. The first-order chi connectivity index (χ1) is 12.5. The molecule has 134 valence electrons. The van der Waals surface area contributed by atoms with E-state index in [9.17, 15) is 9.90 Å². The van der Waals surface area contributed by atoms with Crippen molar-refractivity contribution in [2.75, 3.05) is 5.32 Å². The number of nitrogens with one attached hydrogen (secondary N) is 3. The van der Waals surface area contributed by atoms with Gasteiger partial charge in [-0.15, -0.1) is 0 Å². The summed E-state index contributed by atoms with van der Waals surface area (Å²) in [6, 6.07) is 10.4. The molecule has 2 heterocycles. The Balaban J connectivity index is 1.45. The number of carbonyl (C=O) groups excluding carboxylic acids is 1. The van der Waals surface area contributed by atoms with Gasteiger partial charge in [-0.25, -0.2) is 15.8 Å². The van der Waals surface area contributed by atoms with E-state index in [-0.39, 0.29) is 17.7 Å². The first kappa shape index (κ1) is 17.2. The Morgan fingerprint density at radius 1 is 1.31 bits per heavy atom. The standard InChI is InChI=1S/C18H17ClN4O2S/c1-9-2-4-11(15(24)6-9)13-8-14(23-22-13)17(25)21-18-20-12-5-3-10(19)7-16(12)26-18/h2-7,13-14,22-24H,8H2,1H3,(H,20,21,25). The van der Waals surface area contributed by atoms with Crippen LogP contribution in [0.25, 0.3) is 10.2 Å². The molecule has 0 saturated carbocycles. The third-order valence-electron chi connectivity index (χ3n) is 4.36. The molecule has 0 spiro atoms. The van der Waals surface area contributed by atoms with E-state index in [1.165, 1.54) is 11.3 Å². The van der Waals surface area contributed by atoms with Crippen LogP contribution in [-0.2, 0) is 4.79 Å². The number of anilines is 1. The van der Waals surface area contributed by atoms with E-state index in [1.54, 1.807) is 12.1 Å². The van der Waals surface area contributed by atoms with Gasteiger partial charge in [0.1, 0.15) is 11.8 Å². The van der Waals surface area contributed by atoms with Crippen molar-refractivity contribution in [3.63, 3.8) is 0 Å². The molecule has 3 aromatic rings. The lowest BCUT2D eigenvalue weighted by atomic mass is 9.99. The van der Waals surface area contributed by atoms with Gasteiger partial charge in [0.05, 0.1) is 16.3 Å². The number of halogens is 1. The van der Waals surface area contributed by atoms with Gasteiger partial charge >= 0.3 is 0 Å². The zero-order chi connectivity index (χ0) is 18.3. The van der Waals surface area contributed by atoms with Crippen molar-refractivity contribution in [3.8, 4) is 5.75 Å². The van der Waals surface area contributed by atoms with E-state index in [4.69, 9.17) is 11.6 Å². The normalized spacial score (nSPS) is 19.8. The fourth-order valence-corrected chi connectivity index (χ4v) is 4.17. The molecule has 2 atom stereocenters. The van der Waals surface area contributed by atoms with Crippen LogP contribution in [0.4, 0.5) is 5.13 Å². The quantitative estimate of drug-likeness (QED) is 0.551. The lowest BCUT2D eigenvalue weighted by Crippen LogP contribution is -2.39. The maximum atomic E-state index is 12.5. The molecule has 6 nitrogen and oxygen atoms in total. The van der Waals surface area contributed by atoms with Gasteiger partial charge in [-0.1, -0.05) is 35.1 Å². The average molecular weight is 389 g/mol. The highest BCUT2D eigenvalue weighted by Gasteiger charge is 2.31. The fraction of sp³-hybridized carbons (Fsp3) is 0.222. The molecule has 1 aromatic heterocycles. The first-order valence-corrected chi connectivity index (χ1v) is 9.36. The predicted octanol–water partition coefficient (Wildman–Crippen LogP) is 3.51. The SMILES string of the molecule is Cc1ccc(C2CC(C(=O)Nc3nc4ccc(Cl)cc4s3)NN2)c(O)c1. The molecule has 1 amide bonds. The number of hydrazine groups is 1. The Labute approximate surface area is 159 Å². The minimum atomic E-state index is -0.420. The number of fused-ring (bicyclic) bond motifs is 1. The molecular weight excluding hydrogens is 372 g/mol. The number of thiazole rings is 1. The lowest BCUT2D eigenvalue weighted by Gasteiger charge is -2.12. The summed E-state index contributed by atoms with van der Waals surface area (Å²) in [7, 11) is 0. The molecule has 4 N–H and O–H groups in total. The summed E-state index contributed by atoms with van der Waals surface area (Å²) in [5, 5.41) is 14.2. The van der Waals surface area contributed by atoms with Crippen LogP contribution in [0, 0.1) is 6.92 Å². The second-order valence-electron chi connectivity index (χ2n) is 6.31. The van der Waals surface area contributed by atoms with Gasteiger partial charge in [0.15, 0.2) is 5.13 Å². The van der Waals surface area contributed by atoms with Crippen molar-refractivity contribution in [2.45, 2.75) is 25.4 Å². The van der Waals surface area contributed by atoms with Crippen LogP contribution in [0.2, 0.25) is 5.02 Å². The van der Waals surface area contributed by atoms with Gasteiger partial charge in [0, 0.05) is 10.6 Å². The summed E-state index contributed by atoms with van der Waals surface area (Å²) in [6.07, 6.45) is 0.527. The molecule has 0 bridgehead atoms. The van der Waals surface area contributed by atoms with Gasteiger partial charge in [0.25, 0.3) is 0 Å². The number of aromatic nitrogens is 1. The molecule has 1 fully saturated rings. The Kier molecular flexibility index (Phi) is 4.54. The zero-order valence-corrected chi connectivity index (χ0v) is 15.5. The molecule has 2 aromatic carbocycles. The minimum absolute atomic E-state index is 0.138. The van der Waals surface area contributed by atoms with Crippen molar-refractivity contribution < 1.29 is 9.90 Å². The maximum absolute atomic E-state index is 12.5. The highest BCUT2D eigenvalue weighted by atomic mass is 35.5. The topological polar surface area (TPSA) is 86.3 Å². The number of aryl methyl sites for hydroxylation is 1. The summed E-state index contributed by atoms with van der Waals surface area (Å²) in [5.41, 5.74) is 8.63. The highest BCUT2D eigenvalue weighted by molar-refractivity contribution is 7.22. The third-order valence-corrected chi connectivity index (χ3v) is 5.53. The molecular formula is C18H17ClN4O2S. The van der Waals surface area contributed by atoms with Crippen LogP contribution in [0.5, 0.6) is 5.75 Å². The Morgan fingerprint density at radius 2 is 2.15 bits per heavy atom. The number of nitrogens with zero attached hydrogens (tertiary/aromatic N) is 1. The fourth-order valence-electron chi connectivity index (χ4n) is 3.02. The van der Waals surface area contributed by atoms with Crippen molar-refractivity contribution in [1.29, 1.82) is 0 Å². The van der Waals surface area contributed by atoms with Gasteiger partial charge in [0.2, 0.25) is 5.91 Å². The summed E-state index contributed by atoms with van der Waals surface area (Å²) in [6.45, 7) is 1.92. The second kappa shape index (κ2) is 6.85. The number of hydrogen-bond acceptors (Lipinski definition) is 6. The van der Waals surface area contributed by atoms with E-state index in [0.29, 0.717) is 16.6 Å². The number of amides is 1. The maximum Gasteiger partial charge on any atom is 0.244 e. The van der Waals surface area contributed by atoms with E-state index in [1.807, 2.05) is 31.2 Å². The van der Waals surface area contributed by atoms with Crippen molar-refractivity contribution >= 4 is 44.2 Å². The number of phenols is 1. The van der Waals surface area contributed by atoms with Crippen LogP contribution in [-0.4, -0.2) is 22.0 Å². The number of benzene rings is 2. The number of rotatable bonds is 3. The third kappa shape index (κ3) is 3.39. The molecule has 4 rings (SSSR count). The molecule has 1 saturated heterocycles. The van der Waals surface area contributed by atoms with E-state index < -0.39 is 6.04 Å². The zero-order valence-electron chi connectivity index (χ0n) is 13.9. The van der Waals surface area contributed by atoms with Crippen molar-refractivity contribution in [1.82, 2.24) is 15.8 Å². The van der Waals surface area contributed by atoms with E-state index in [0.717, 1.165) is 21.3 Å². The summed E-state index contributed by atoms with van der Waals surface area (Å²) in [4.78, 5) is 16.9. The van der Waals surface area contributed by atoms with Gasteiger partial charge < -0.3 is 10.4 Å². The van der Waals surface area contributed by atoms with Crippen LogP contribution in [0.3, 0.4) is 0 Å². The van der Waals surface area contributed by atoms with Gasteiger partial charge in [-0.05, 0) is 43.2 Å². The number of carbonyl (C=O) groups is 1. The number of phenolic OH excluding ortho intramolecular Hbond substituents is 1. The van der Waals surface area contributed by atoms with Crippen molar-refractivity contribution in [2.24, 2.45) is 0 Å². The molecule has 1 aliphatic heterocycles. The second-order valence-corrected chi connectivity index (χ2v) is 7.78. The monoisotopic (exact) mass is 388 g/mol. The average Bonchev–Trinajstić information content (AvgIpc) is 3.21. The molecule has 26 heavy (non-hydrogen) atoms. The lowest BCUT2D eigenvalue weighted by molar-refractivity contribution is -0.117. The molecule has 0 radical (unpaired) electrons. The Hall–Kier alpha value is -2.19. The summed E-state index contributed by atoms with van der Waals surface area (Å²) in [5.74, 6) is 0.0603. The predicted molar refractivity (Wildman–Crippen MR) is 104 cm³/mol. The van der Waals surface area contributed by atoms with E-state index in [2.05, 4.69) is 21.2 Å². The van der Waals surface area contributed by atoms with Crippen LogP contribution in [0.1, 0.15) is 23.6 Å². The number of aromatic hydroxyl groups is 1. The van der Waals surface area contributed by atoms with Gasteiger partial charge in [-0.2, -0.15) is 0 Å². The van der Waals surface area contributed by atoms with Crippen LogP contribution >= 0.6 is 22.9 Å². The Bertz CT molecular complexity index is 990. The van der Waals surface area contributed by atoms with Crippen LogP contribution in [0.15, 0.2) is 36.4 Å². The molecule has 0 aliphatic carbocycles. The largest absolute Gasteiger partial charge is 0.508 e. The van der Waals surface area contributed by atoms with Crippen molar-refractivity contribution in [3.05, 3.63) is 52.5 Å². The Morgan fingerprint density at radius 3 is 2.96 bits per heavy atom. The van der Waals surface area contributed by atoms with E-state index >= 15 is 0 Å².